The van der Waals surface area contributed by atoms with E-state index in [4.69, 9.17) is 15.6 Å². The predicted octanol–water partition coefficient (Wildman–Crippen LogP) is 1.16. The molecule has 0 unspecified atom stereocenters. The van der Waals surface area contributed by atoms with Crippen LogP contribution in [0.15, 0.2) is 18.2 Å². The van der Waals surface area contributed by atoms with Crippen LogP contribution in [0.3, 0.4) is 0 Å². The Balaban J connectivity index is 2.86. The first-order valence-corrected chi connectivity index (χ1v) is 3.90. The highest BCUT2D eigenvalue weighted by Gasteiger charge is 1.98. The Morgan fingerprint density at radius 3 is 2.75 bits per heavy atom. The van der Waals surface area contributed by atoms with Gasteiger partial charge in [0.05, 0.1) is 13.2 Å². The standard InChI is InChI=1S/C9H13NO2/c1-2-12-8-4-3-7(6-11)9(10)5-8/h3-5,11H,2,6,10H2,1H3. The molecule has 0 aliphatic carbocycles. The Morgan fingerprint density at radius 1 is 1.50 bits per heavy atom. The molecule has 0 atom stereocenters. The fourth-order valence-corrected chi connectivity index (χ4v) is 0.973. The third-order valence-electron chi connectivity index (χ3n) is 1.60. The Labute approximate surface area is 71.8 Å². The van der Waals surface area contributed by atoms with Gasteiger partial charge in [-0.1, -0.05) is 6.07 Å². The highest BCUT2D eigenvalue weighted by molar-refractivity contribution is 5.50. The summed E-state index contributed by atoms with van der Waals surface area (Å²) in [4.78, 5) is 0. The lowest BCUT2D eigenvalue weighted by Gasteiger charge is -2.06. The number of hydrogen-bond acceptors (Lipinski definition) is 3. The normalized spacial score (nSPS) is 9.83. The summed E-state index contributed by atoms with van der Waals surface area (Å²) in [5.74, 6) is 0.743. The maximum atomic E-state index is 8.82. The Morgan fingerprint density at radius 2 is 2.25 bits per heavy atom. The first-order valence-electron chi connectivity index (χ1n) is 3.90. The molecule has 0 saturated heterocycles. The summed E-state index contributed by atoms with van der Waals surface area (Å²) >= 11 is 0. The van der Waals surface area contributed by atoms with E-state index < -0.39 is 0 Å². The van der Waals surface area contributed by atoms with Crippen molar-refractivity contribution >= 4 is 5.69 Å². The van der Waals surface area contributed by atoms with Gasteiger partial charge in [0.15, 0.2) is 0 Å². The molecular weight excluding hydrogens is 154 g/mol. The van der Waals surface area contributed by atoms with Crippen molar-refractivity contribution in [2.75, 3.05) is 12.3 Å². The van der Waals surface area contributed by atoms with E-state index in [2.05, 4.69) is 0 Å². The van der Waals surface area contributed by atoms with E-state index in [0.29, 0.717) is 12.3 Å². The molecular formula is C9H13NO2. The summed E-state index contributed by atoms with van der Waals surface area (Å²) in [5.41, 5.74) is 6.93. The van der Waals surface area contributed by atoms with Crippen molar-refractivity contribution in [1.29, 1.82) is 0 Å². The highest BCUT2D eigenvalue weighted by Crippen LogP contribution is 2.19. The van der Waals surface area contributed by atoms with Gasteiger partial charge in [-0.15, -0.1) is 0 Å². The van der Waals surface area contributed by atoms with Crippen molar-refractivity contribution < 1.29 is 9.84 Å². The van der Waals surface area contributed by atoms with E-state index in [1.807, 2.05) is 6.92 Å². The van der Waals surface area contributed by atoms with Crippen LogP contribution < -0.4 is 10.5 Å². The maximum absolute atomic E-state index is 8.82. The van der Waals surface area contributed by atoms with Gasteiger partial charge in [-0.05, 0) is 13.0 Å². The van der Waals surface area contributed by atoms with Crippen LogP contribution >= 0.6 is 0 Å². The molecule has 66 valence electrons. The minimum atomic E-state index is -0.0295. The summed E-state index contributed by atoms with van der Waals surface area (Å²) in [7, 11) is 0. The van der Waals surface area contributed by atoms with Crippen LogP contribution in [0, 0.1) is 0 Å². The van der Waals surface area contributed by atoms with Crippen LogP contribution in [0.1, 0.15) is 12.5 Å². The van der Waals surface area contributed by atoms with Crippen LogP contribution in [-0.2, 0) is 6.61 Å². The molecule has 0 radical (unpaired) electrons. The molecule has 1 aromatic rings. The van der Waals surface area contributed by atoms with Gasteiger partial charge in [-0.25, -0.2) is 0 Å². The number of ether oxygens (including phenoxy) is 1. The second-order valence-electron chi connectivity index (χ2n) is 2.45. The predicted molar refractivity (Wildman–Crippen MR) is 47.9 cm³/mol. The molecule has 3 heteroatoms. The summed E-state index contributed by atoms with van der Waals surface area (Å²) in [6, 6.07) is 5.28. The van der Waals surface area contributed by atoms with Crippen LogP contribution in [0.25, 0.3) is 0 Å². The molecule has 0 saturated carbocycles. The number of nitrogen functional groups attached to an aromatic ring is 1. The second-order valence-corrected chi connectivity index (χ2v) is 2.45. The topological polar surface area (TPSA) is 55.5 Å². The number of aliphatic hydroxyl groups excluding tert-OH is 1. The van der Waals surface area contributed by atoms with E-state index in [-0.39, 0.29) is 6.61 Å². The number of hydrogen-bond donors (Lipinski definition) is 2. The first-order chi connectivity index (χ1) is 5.77. The van der Waals surface area contributed by atoms with Gasteiger partial charge < -0.3 is 15.6 Å². The number of aliphatic hydroxyl groups is 1. The lowest BCUT2D eigenvalue weighted by atomic mass is 10.2. The third kappa shape index (κ3) is 1.89. The molecule has 12 heavy (non-hydrogen) atoms. The Hall–Kier alpha value is -1.22. The van der Waals surface area contributed by atoms with Crippen molar-refractivity contribution in [2.24, 2.45) is 0 Å². The summed E-state index contributed by atoms with van der Waals surface area (Å²) in [5, 5.41) is 8.82. The summed E-state index contributed by atoms with van der Waals surface area (Å²) < 4.78 is 5.22. The van der Waals surface area contributed by atoms with Crippen LogP contribution in [0.5, 0.6) is 5.75 Å². The van der Waals surface area contributed by atoms with E-state index in [1.165, 1.54) is 0 Å². The van der Waals surface area contributed by atoms with Gasteiger partial charge in [0, 0.05) is 17.3 Å². The third-order valence-corrected chi connectivity index (χ3v) is 1.60. The zero-order chi connectivity index (χ0) is 8.97. The second kappa shape index (κ2) is 3.97. The van der Waals surface area contributed by atoms with E-state index >= 15 is 0 Å². The van der Waals surface area contributed by atoms with Crippen molar-refractivity contribution in [3.63, 3.8) is 0 Å². The molecule has 1 rings (SSSR count). The number of rotatable bonds is 3. The molecule has 3 nitrogen and oxygen atoms in total. The van der Waals surface area contributed by atoms with Crippen molar-refractivity contribution in [3.05, 3.63) is 23.8 Å². The zero-order valence-corrected chi connectivity index (χ0v) is 7.08. The smallest absolute Gasteiger partial charge is 0.121 e. The molecule has 0 aliphatic heterocycles. The van der Waals surface area contributed by atoms with E-state index in [1.54, 1.807) is 18.2 Å². The molecule has 3 N–H and O–H groups in total. The van der Waals surface area contributed by atoms with Crippen LogP contribution in [0.4, 0.5) is 5.69 Å². The maximum Gasteiger partial charge on any atom is 0.121 e. The van der Waals surface area contributed by atoms with Crippen molar-refractivity contribution in [2.45, 2.75) is 13.5 Å². The SMILES string of the molecule is CCOc1ccc(CO)c(N)c1. The van der Waals surface area contributed by atoms with Gasteiger partial charge >= 0.3 is 0 Å². The number of nitrogens with two attached hydrogens (primary N) is 1. The average molecular weight is 167 g/mol. The molecule has 0 spiro atoms. The largest absolute Gasteiger partial charge is 0.494 e. The van der Waals surface area contributed by atoms with Gasteiger partial charge in [-0.3, -0.25) is 0 Å². The zero-order valence-electron chi connectivity index (χ0n) is 7.08. The first kappa shape index (κ1) is 8.87. The average Bonchev–Trinajstić information content (AvgIpc) is 2.05. The number of benzene rings is 1. The van der Waals surface area contributed by atoms with Crippen LogP contribution in [-0.4, -0.2) is 11.7 Å². The highest BCUT2D eigenvalue weighted by atomic mass is 16.5. The fraction of sp³-hybridized carbons (Fsp3) is 0.333. The monoisotopic (exact) mass is 167 g/mol. The Kier molecular flexibility index (Phi) is 2.94. The molecule has 0 aliphatic rings. The summed E-state index contributed by atoms with van der Waals surface area (Å²) in [6.45, 7) is 2.51. The van der Waals surface area contributed by atoms with Gasteiger partial charge in [0.1, 0.15) is 5.75 Å². The minimum Gasteiger partial charge on any atom is -0.494 e. The number of anilines is 1. The molecule has 1 aromatic carbocycles. The van der Waals surface area contributed by atoms with Crippen LogP contribution in [0.2, 0.25) is 0 Å². The van der Waals surface area contributed by atoms with Gasteiger partial charge in [0.25, 0.3) is 0 Å². The molecule has 0 fully saturated rings. The summed E-state index contributed by atoms with van der Waals surface area (Å²) in [6.07, 6.45) is 0. The van der Waals surface area contributed by atoms with Gasteiger partial charge in [0.2, 0.25) is 0 Å². The molecule has 0 amide bonds. The van der Waals surface area contributed by atoms with Gasteiger partial charge in [-0.2, -0.15) is 0 Å². The Bertz CT molecular complexity index is 261. The lowest BCUT2D eigenvalue weighted by molar-refractivity contribution is 0.282. The van der Waals surface area contributed by atoms with Crippen molar-refractivity contribution in [3.8, 4) is 5.75 Å². The van der Waals surface area contributed by atoms with Crippen molar-refractivity contribution in [1.82, 2.24) is 0 Å². The molecule has 0 aromatic heterocycles. The lowest BCUT2D eigenvalue weighted by Crippen LogP contribution is -1.97. The fourth-order valence-electron chi connectivity index (χ4n) is 0.973. The molecule has 0 bridgehead atoms. The quantitative estimate of drug-likeness (QED) is 0.664. The molecule has 0 heterocycles. The minimum absolute atomic E-state index is 0.0295. The van der Waals surface area contributed by atoms with E-state index in [0.717, 1.165) is 11.3 Å². The van der Waals surface area contributed by atoms with E-state index in [9.17, 15) is 0 Å².